The Morgan fingerprint density at radius 1 is 1.61 bits per heavy atom. The van der Waals surface area contributed by atoms with Gasteiger partial charge in [-0.2, -0.15) is 0 Å². The second-order valence-corrected chi connectivity index (χ2v) is 4.22. The lowest BCUT2D eigenvalue weighted by Gasteiger charge is -2.19. The summed E-state index contributed by atoms with van der Waals surface area (Å²) < 4.78 is 4.78. The minimum atomic E-state index is -0.703. The van der Waals surface area contributed by atoms with Gasteiger partial charge in [-0.05, 0) is 25.6 Å². The van der Waals surface area contributed by atoms with Crippen LogP contribution >= 0.6 is 0 Å². The maximum Gasteiger partial charge on any atom is 0.308 e. The molecule has 1 aromatic rings. The molecule has 1 unspecified atom stereocenters. The van der Waals surface area contributed by atoms with Crippen molar-refractivity contribution in [2.45, 2.75) is 26.0 Å². The Bertz CT molecular complexity index is 357. The summed E-state index contributed by atoms with van der Waals surface area (Å²) in [4.78, 5) is 17.2. The highest BCUT2D eigenvalue weighted by atomic mass is 16.5. The third kappa shape index (κ3) is 5.75. The van der Waals surface area contributed by atoms with Crippen LogP contribution in [-0.4, -0.2) is 47.3 Å². The second kappa shape index (κ2) is 7.79. The van der Waals surface area contributed by atoms with Gasteiger partial charge in [0.1, 0.15) is 0 Å². The van der Waals surface area contributed by atoms with Crippen LogP contribution < -0.4 is 0 Å². The summed E-state index contributed by atoms with van der Waals surface area (Å²) in [6, 6.07) is 3.85. The molecule has 0 aromatic carbocycles. The van der Waals surface area contributed by atoms with Crippen molar-refractivity contribution in [1.82, 2.24) is 9.88 Å². The average molecular weight is 252 g/mol. The van der Waals surface area contributed by atoms with Crippen molar-refractivity contribution >= 4 is 5.97 Å². The number of carbonyl (C=O) groups is 1. The topological polar surface area (TPSA) is 62.7 Å². The highest BCUT2D eigenvalue weighted by Crippen LogP contribution is 2.03. The van der Waals surface area contributed by atoms with Gasteiger partial charge in [-0.3, -0.25) is 14.7 Å². The Morgan fingerprint density at radius 3 is 3.00 bits per heavy atom. The van der Waals surface area contributed by atoms with Crippen LogP contribution in [0.5, 0.6) is 0 Å². The summed E-state index contributed by atoms with van der Waals surface area (Å²) >= 11 is 0. The molecular weight excluding hydrogens is 232 g/mol. The molecule has 1 aromatic heterocycles. The number of nitrogens with zero attached hydrogens (tertiary/aromatic N) is 2. The molecule has 0 saturated carbocycles. The number of rotatable bonds is 7. The van der Waals surface area contributed by atoms with E-state index < -0.39 is 6.10 Å². The van der Waals surface area contributed by atoms with Crippen molar-refractivity contribution in [3.63, 3.8) is 0 Å². The summed E-state index contributed by atoms with van der Waals surface area (Å²) in [6.07, 6.45) is 2.84. The number of esters is 1. The highest BCUT2D eigenvalue weighted by Gasteiger charge is 2.13. The number of likely N-dealkylation sites (N-methyl/N-ethyl adjacent to an activating group) is 1. The van der Waals surface area contributed by atoms with Crippen LogP contribution in [0.15, 0.2) is 24.5 Å². The fourth-order valence-corrected chi connectivity index (χ4v) is 1.70. The number of hydrogen-bond donors (Lipinski definition) is 1. The van der Waals surface area contributed by atoms with Gasteiger partial charge in [0.25, 0.3) is 0 Å². The standard InChI is InChI=1S/C13H20N2O3/c1-3-18-13(17)7-12(16)10-15(2)9-11-5-4-6-14-8-11/h4-6,8,12,16H,3,7,9-10H2,1-2H3. The van der Waals surface area contributed by atoms with Gasteiger partial charge in [-0.25, -0.2) is 0 Å². The molecule has 0 radical (unpaired) electrons. The van der Waals surface area contributed by atoms with Crippen molar-refractivity contribution in [2.75, 3.05) is 20.2 Å². The van der Waals surface area contributed by atoms with Gasteiger partial charge in [0.15, 0.2) is 0 Å². The number of ether oxygens (including phenoxy) is 1. The van der Waals surface area contributed by atoms with Gasteiger partial charge in [-0.15, -0.1) is 0 Å². The Morgan fingerprint density at radius 2 is 2.39 bits per heavy atom. The van der Waals surface area contributed by atoms with Crippen LogP contribution in [0.3, 0.4) is 0 Å². The molecule has 0 saturated heterocycles. The molecule has 0 amide bonds. The number of aliphatic hydroxyl groups is 1. The highest BCUT2D eigenvalue weighted by molar-refractivity contribution is 5.69. The zero-order valence-electron chi connectivity index (χ0n) is 10.9. The maximum absolute atomic E-state index is 11.2. The zero-order chi connectivity index (χ0) is 13.4. The van der Waals surface area contributed by atoms with Gasteiger partial charge >= 0.3 is 5.97 Å². The van der Waals surface area contributed by atoms with Crippen LogP contribution in [0.4, 0.5) is 0 Å². The molecule has 0 bridgehead atoms. The van der Waals surface area contributed by atoms with E-state index in [1.165, 1.54) is 0 Å². The van der Waals surface area contributed by atoms with E-state index in [-0.39, 0.29) is 12.4 Å². The van der Waals surface area contributed by atoms with Crippen LogP contribution in [0.2, 0.25) is 0 Å². The molecule has 0 aliphatic carbocycles. The largest absolute Gasteiger partial charge is 0.466 e. The summed E-state index contributed by atoms with van der Waals surface area (Å²) in [5.74, 6) is -0.361. The lowest BCUT2D eigenvalue weighted by Crippen LogP contribution is -2.30. The molecule has 0 aliphatic rings. The molecule has 100 valence electrons. The minimum Gasteiger partial charge on any atom is -0.466 e. The van der Waals surface area contributed by atoms with Crippen LogP contribution in [0.1, 0.15) is 18.9 Å². The second-order valence-electron chi connectivity index (χ2n) is 4.22. The normalized spacial score (nSPS) is 12.4. The van der Waals surface area contributed by atoms with E-state index in [1.807, 2.05) is 24.1 Å². The molecule has 1 heterocycles. The zero-order valence-corrected chi connectivity index (χ0v) is 10.9. The van der Waals surface area contributed by atoms with Crippen LogP contribution in [0, 0.1) is 0 Å². The molecule has 0 spiro atoms. The third-order valence-corrected chi connectivity index (χ3v) is 2.41. The predicted molar refractivity (Wildman–Crippen MR) is 67.8 cm³/mol. The quantitative estimate of drug-likeness (QED) is 0.728. The van der Waals surface area contributed by atoms with E-state index in [4.69, 9.17) is 4.74 Å². The maximum atomic E-state index is 11.2. The van der Waals surface area contributed by atoms with Gasteiger partial charge < -0.3 is 9.84 Å². The van der Waals surface area contributed by atoms with E-state index in [1.54, 1.807) is 19.3 Å². The third-order valence-electron chi connectivity index (χ3n) is 2.41. The van der Waals surface area contributed by atoms with E-state index in [0.29, 0.717) is 19.7 Å². The molecule has 5 heteroatoms. The number of carbonyl (C=O) groups excluding carboxylic acids is 1. The monoisotopic (exact) mass is 252 g/mol. The van der Waals surface area contributed by atoms with Crippen molar-refractivity contribution in [2.24, 2.45) is 0 Å². The SMILES string of the molecule is CCOC(=O)CC(O)CN(C)Cc1cccnc1. The first-order valence-electron chi connectivity index (χ1n) is 6.03. The molecule has 0 fully saturated rings. The molecule has 5 nitrogen and oxygen atoms in total. The lowest BCUT2D eigenvalue weighted by molar-refractivity contribution is -0.145. The molecule has 1 atom stereocenters. The summed E-state index contributed by atoms with van der Waals surface area (Å²) in [6.45, 7) is 3.21. The predicted octanol–water partition coefficient (Wildman–Crippen LogP) is 0.827. The van der Waals surface area contributed by atoms with Gasteiger partial charge in [0, 0.05) is 25.5 Å². The molecule has 1 N–H and O–H groups in total. The van der Waals surface area contributed by atoms with Crippen molar-refractivity contribution < 1.29 is 14.6 Å². The van der Waals surface area contributed by atoms with Crippen LogP contribution in [-0.2, 0) is 16.1 Å². The fourth-order valence-electron chi connectivity index (χ4n) is 1.70. The number of pyridine rings is 1. The average Bonchev–Trinajstić information content (AvgIpc) is 2.29. The van der Waals surface area contributed by atoms with E-state index in [9.17, 15) is 9.90 Å². The van der Waals surface area contributed by atoms with Gasteiger partial charge in [0.05, 0.1) is 19.1 Å². The summed E-state index contributed by atoms with van der Waals surface area (Å²) in [5, 5.41) is 9.74. The Balaban J connectivity index is 2.31. The first-order chi connectivity index (χ1) is 8.61. The van der Waals surface area contributed by atoms with Crippen LogP contribution in [0.25, 0.3) is 0 Å². The fraction of sp³-hybridized carbons (Fsp3) is 0.538. The number of hydrogen-bond acceptors (Lipinski definition) is 5. The van der Waals surface area contributed by atoms with E-state index in [2.05, 4.69) is 4.98 Å². The van der Waals surface area contributed by atoms with E-state index in [0.717, 1.165) is 5.56 Å². The first kappa shape index (κ1) is 14.6. The van der Waals surface area contributed by atoms with Crippen molar-refractivity contribution in [3.05, 3.63) is 30.1 Å². The molecule has 1 rings (SSSR count). The molecule has 18 heavy (non-hydrogen) atoms. The molecule has 0 aliphatic heterocycles. The minimum absolute atomic E-state index is 0.0330. The van der Waals surface area contributed by atoms with Gasteiger partial charge in [-0.1, -0.05) is 6.07 Å². The number of aromatic nitrogens is 1. The Kier molecular flexibility index (Phi) is 6.32. The Labute approximate surface area is 107 Å². The molecular formula is C13H20N2O3. The summed E-state index contributed by atoms with van der Waals surface area (Å²) in [5.41, 5.74) is 1.07. The van der Waals surface area contributed by atoms with E-state index >= 15 is 0 Å². The smallest absolute Gasteiger partial charge is 0.308 e. The summed E-state index contributed by atoms with van der Waals surface area (Å²) in [7, 11) is 1.89. The Hall–Kier alpha value is -1.46. The lowest BCUT2D eigenvalue weighted by atomic mass is 10.2. The van der Waals surface area contributed by atoms with Crippen molar-refractivity contribution in [1.29, 1.82) is 0 Å². The van der Waals surface area contributed by atoms with Crippen molar-refractivity contribution in [3.8, 4) is 0 Å². The first-order valence-corrected chi connectivity index (χ1v) is 6.03. The number of aliphatic hydroxyl groups excluding tert-OH is 1. The van der Waals surface area contributed by atoms with Gasteiger partial charge in [0.2, 0.25) is 0 Å².